The van der Waals surface area contributed by atoms with E-state index in [0.717, 1.165) is 7.11 Å². The monoisotopic (exact) mass is 496 g/mol. The molecule has 2 aromatic carbocycles. The Bertz CT molecular complexity index is 1320. The van der Waals surface area contributed by atoms with Gasteiger partial charge in [0, 0.05) is 35.6 Å². The lowest BCUT2D eigenvalue weighted by atomic mass is 9.79. The van der Waals surface area contributed by atoms with Gasteiger partial charge in [-0.25, -0.2) is 0 Å². The van der Waals surface area contributed by atoms with Crippen molar-refractivity contribution in [1.29, 1.82) is 0 Å². The third-order valence-corrected chi connectivity index (χ3v) is 5.83. The number of methoxy groups -OCH3 is 2. The number of aromatic hydroxyl groups is 2. The van der Waals surface area contributed by atoms with Crippen LogP contribution in [0.25, 0.3) is 0 Å². The van der Waals surface area contributed by atoms with Crippen LogP contribution in [0, 0.1) is 0 Å². The smallest absolute Gasteiger partial charge is 0.313 e. The average Bonchev–Trinajstić information content (AvgIpc) is 2.81. The first kappa shape index (κ1) is 26.3. The molecule has 0 fully saturated rings. The van der Waals surface area contributed by atoms with Crippen molar-refractivity contribution in [3.8, 4) is 17.2 Å². The maximum absolute atomic E-state index is 13.3. The highest BCUT2D eigenvalue weighted by molar-refractivity contribution is 6.30. The van der Waals surface area contributed by atoms with Crippen molar-refractivity contribution in [3.05, 3.63) is 51.6 Å². The van der Waals surface area contributed by atoms with E-state index in [-0.39, 0.29) is 70.0 Å². The Labute approximate surface area is 205 Å². The van der Waals surface area contributed by atoms with E-state index in [0.29, 0.717) is 0 Å². The molecule has 2 aromatic rings. The maximum Gasteiger partial charge on any atom is 0.313 e. The van der Waals surface area contributed by atoms with Crippen LogP contribution in [-0.2, 0) is 36.8 Å². The molecule has 0 unspecified atom stereocenters. The number of esters is 1. The van der Waals surface area contributed by atoms with Gasteiger partial charge in [-0.3, -0.25) is 28.8 Å². The van der Waals surface area contributed by atoms with Crippen molar-refractivity contribution in [1.82, 2.24) is 0 Å². The van der Waals surface area contributed by atoms with Crippen LogP contribution in [0.3, 0.4) is 0 Å². The van der Waals surface area contributed by atoms with E-state index >= 15 is 0 Å². The standard InChI is InChI=1S/C26H24O10/c1-12(27)6-14(28)5-4-13-7-18-23(24(32)17(13)8-15(29)9-21(31)36-3)26(34)19-10-16(35-2)11-20(30)22(19)25(18)33/h7,10-11,30,32H,4-6,8-9H2,1-3H3. The molecule has 0 aliphatic heterocycles. The van der Waals surface area contributed by atoms with E-state index in [4.69, 9.17) is 4.74 Å². The minimum atomic E-state index is -0.793. The molecule has 0 aromatic heterocycles. The Kier molecular flexibility index (Phi) is 7.67. The summed E-state index contributed by atoms with van der Waals surface area (Å²) in [5.74, 6) is -4.64. The first-order valence-electron chi connectivity index (χ1n) is 11.0. The van der Waals surface area contributed by atoms with Crippen molar-refractivity contribution in [2.45, 2.75) is 39.0 Å². The molecular weight excluding hydrogens is 472 g/mol. The predicted molar refractivity (Wildman–Crippen MR) is 124 cm³/mol. The number of aryl methyl sites for hydroxylation is 1. The number of phenolic OH excluding ortho intramolecular Hbond substituents is 2. The molecule has 1 aliphatic carbocycles. The Balaban J connectivity index is 2.14. The highest BCUT2D eigenvalue weighted by Crippen LogP contribution is 2.41. The zero-order valence-corrected chi connectivity index (χ0v) is 19.9. The summed E-state index contributed by atoms with van der Waals surface area (Å²) in [5, 5.41) is 21.5. The van der Waals surface area contributed by atoms with Gasteiger partial charge in [0.25, 0.3) is 0 Å². The molecule has 0 bridgehead atoms. The molecule has 0 radical (unpaired) electrons. The maximum atomic E-state index is 13.3. The third kappa shape index (κ3) is 5.17. The quantitative estimate of drug-likeness (QED) is 0.314. The van der Waals surface area contributed by atoms with Crippen LogP contribution < -0.4 is 4.74 Å². The second-order valence-electron chi connectivity index (χ2n) is 8.40. The number of Topliss-reactive ketones (excluding diaryl/α,β-unsaturated/α-hetero) is 3. The highest BCUT2D eigenvalue weighted by Gasteiger charge is 2.37. The predicted octanol–water partition coefficient (Wildman–Crippen LogP) is 2.04. The number of rotatable bonds is 10. The highest BCUT2D eigenvalue weighted by atomic mass is 16.5. The largest absolute Gasteiger partial charge is 0.507 e. The Hall–Kier alpha value is -4.34. The van der Waals surface area contributed by atoms with Gasteiger partial charge in [0.2, 0.25) is 0 Å². The second kappa shape index (κ2) is 10.5. The molecule has 3 rings (SSSR count). The van der Waals surface area contributed by atoms with Gasteiger partial charge < -0.3 is 19.7 Å². The van der Waals surface area contributed by atoms with Crippen LogP contribution in [0.4, 0.5) is 0 Å². The van der Waals surface area contributed by atoms with Crippen LogP contribution in [0.2, 0.25) is 0 Å². The molecule has 0 heterocycles. The molecule has 0 spiro atoms. The normalized spacial score (nSPS) is 12.0. The fourth-order valence-electron chi connectivity index (χ4n) is 4.13. The van der Waals surface area contributed by atoms with Gasteiger partial charge in [0.15, 0.2) is 11.6 Å². The lowest BCUT2D eigenvalue weighted by molar-refractivity contribution is -0.143. The van der Waals surface area contributed by atoms with E-state index in [1.54, 1.807) is 0 Å². The molecule has 10 nitrogen and oxygen atoms in total. The van der Waals surface area contributed by atoms with Gasteiger partial charge in [0.1, 0.15) is 41.0 Å². The van der Waals surface area contributed by atoms with E-state index in [1.165, 1.54) is 32.2 Å². The number of carbonyl (C=O) groups is 6. The Morgan fingerprint density at radius 1 is 0.861 bits per heavy atom. The van der Waals surface area contributed by atoms with E-state index in [9.17, 15) is 39.0 Å². The minimum Gasteiger partial charge on any atom is -0.507 e. The summed E-state index contributed by atoms with van der Waals surface area (Å²) in [7, 11) is 2.43. The zero-order chi connectivity index (χ0) is 26.7. The number of carbonyl (C=O) groups excluding carboxylic acids is 6. The van der Waals surface area contributed by atoms with Crippen molar-refractivity contribution < 1.29 is 48.5 Å². The van der Waals surface area contributed by atoms with Gasteiger partial charge in [-0.05, 0) is 31.0 Å². The van der Waals surface area contributed by atoms with Gasteiger partial charge in [-0.2, -0.15) is 0 Å². The van der Waals surface area contributed by atoms with Gasteiger partial charge in [0.05, 0.1) is 31.8 Å². The summed E-state index contributed by atoms with van der Waals surface area (Å²) in [6, 6.07) is 3.73. The first-order chi connectivity index (χ1) is 17.0. The van der Waals surface area contributed by atoms with E-state index in [1.807, 2.05) is 0 Å². The topological polar surface area (TPSA) is 161 Å². The van der Waals surface area contributed by atoms with Gasteiger partial charge in [-0.1, -0.05) is 0 Å². The van der Waals surface area contributed by atoms with E-state index in [2.05, 4.69) is 4.74 Å². The molecule has 0 saturated carbocycles. The third-order valence-electron chi connectivity index (χ3n) is 5.83. The van der Waals surface area contributed by atoms with Gasteiger partial charge >= 0.3 is 5.97 Å². The number of ketones is 5. The summed E-state index contributed by atoms with van der Waals surface area (Å²) < 4.78 is 9.55. The number of ether oxygens (including phenoxy) is 2. The van der Waals surface area contributed by atoms with Crippen molar-refractivity contribution in [3.63, 3.8) is 0 Å². The fourth-order valence-corrected chi connectivity index (χ4v) is 4.13. The zero-order valence-electron chi connectivity index (χ0n) is 19.9. The fraction of sp³-hybridized carbons (Fsp3) is 0.308. The molecule has 0 atom stereocenters. The molecular formula is C26H24O10. The molecule has 188 valence electrons. The minimum absolute atomic E-state index is 0.0185. The van der Waals surface area contributed by atoms with E-state index < -0.39 is 47.7 Å². The Morgan fingerprint density at radius 2 is 1.50 bits per heavy atom. The van der Waals surface area contributed by atoms with Crippen LogP contribution >= 0.6 is 0 Å². The summed E-state index contributed by atoms with van der Waals surface area (Å²) in [4.78, 5) is 74.0. The first-order valence-corrected chi connectivity index (χ1v) is 11.0. The number of hydrogen-bond donors (Lipinski definition) is 2. The molecule has 0 saturated heterocycles. The summed E-state index contributed by atoms with van der Waals surface area (Å²) in [6.07, 6.45) is -1.53. The molecule has 2 N–H and O–H groups in total. The number of phenols is 2. The van der Waals surface area contributed by atoms with Crippen LogP contribution in [0.1, 0.15) is 69.2 Å². The van der Waals surface area contributed by atoms with Crippen LogP contribution in [0.15, 0.2) is 18.2 Å². The van der Waals surface area contributed by atoms with Crippen LogP contribution in [-0.4, -0.2) is 59.3 Å². The number of fused-ring (bicyclic) bond motifs is 2. The summed E-state index contributed by atoms with van der Waals surface area (Å²) in [6.45, 7) is 1.27. The average molecular weight is 496 g/mol. The van der Waals surface area contributed by atoms with Crippen molar-refractivity contribution in [2.75, 3.05) is 14.2 Å². The SMILES string of the molecule is COC(=O)CC(=O)Cc1c(CCC(=O)CC(C)=O)cc2c(c1O)C(=O)c1cc(OC)cc(O)c1C2=O. The molecule has 10 heteroatoms. The number of hydrogen-bond acceptors (Lipinski definition) is 10. The van der Waals surface area contributed by atoms with Gasteiger partial charge in [-0.15, -0.1) is 0 Å². The second-order valence-corrected chi connectivity index (χ2v) is 8.40. The molecule has 36 heavy (non-hydrogen) atoms. The Morgan fingerprint density at radius 3 is 2.11 bits per heavy atom. The van der Waals surface area contributed by atoms with Crippen molar-refractivity contribution in [2.24, 2.45) is 0 Å². The summed E-state index contributed by atoms with van der Waals surface area (Å²) >= 11 is 0. The lowest BCUT2D eigenvalue weighted by Gasteiger charge is -2.23. The number of benzene rings is 2. The molecule has 1 aliphatic rings. The lowest BCUT2D eigenvalue weighted by Crippen LogP contribution is -2.23. The van der Waals surface area contributed by atoms with Crippen LogP contribution in [0.5, 0.6) is 17.2 Å². The van der Waals surface area contributed by atoms with Crippen molar-refractivity contribution >= 4 is 34.9 Å². The molecule has 0 amide bonds. The summed E-state index contributed by atoms with van der Waals surface area (Å²) in [5.41, 5.74) is -0.811.